The Morgan fingerprint density at radius 1 is 1.53 bits per heavy atom. The number of ether oxygens (including phenoxy) is 1. The number of hydrogen-bond acceptors (Lipinski definition) is 4. The molecule has 0 bridgehead atoms. The van der Waals surface area contributed by atoms with Crippen LogP contribution in [-0.4, -0.2) is 28.2 Å². The van der Waals surface area contributed by atoms with Crippen LogP contribution in [0.4, 0.5) is 0 Å². The van der Waals surface area contributed by atoms with Crippen LogP contribution in [0, 0.1) is 0 Å². The molecule has 1 aromatic heterocycles. The molecular formula is C9H11ClN2O3. The lowest BCUT2D eigenvalue weighted by molar-refractivity contribution is 0.0112. The minimum absolute atomic E-state index is 0.0857. The number of rotatable bonds is 3. The van der Waals surface area contributed by atoms with Crippen molar-refractivity contribution in [3.05, 3.63) is 22.7 Å². The van der Waals surface area contributed by atoms with Gasteiger partial charge in [0.25, 0.3) is 0 Å². The van der Waals surface area contributed by atoms with Gasteiger partial charge in [-0.05, 0) is 13.8 Å². The van der Waals surface area contributed by atoms with Crippen LogP contribution in [0.3, 0.4) is 0 Å². The first-order valence-corrected chi connectivity index (χ1v) is 4.58. The number of carboxylic acids is 1. The molecule has 0 aliphatic heterocycles. The molecule has 1 aromatic rings. The van der Waals surface area contributed by atoms with Crippen LogP contribution in [0.2, 0.25) is 5.15 Å². The molecule has 15 heavy (non-hydrogen) atoms. The Balaban J connectivity index is 3.26. The van der Waals surface area contributed by atoms with E-state index in [4.69, 9.17) is 21.4 Å². The maximum Gasteiger partial charge on any atom is 0.354 e. The van der Waals surface area contributed by atoms with Gasteiger partial charge in [-0.3, -0.25) is 0 Å². The molecule has 0 atom stereocenters. The molecule has 1 heterocycles. The van der Waals surface area contributed by atoms with Crippen molar-refractivity contribution in [3.63, 3.8) is 0 Å². The van der Waals surface area contributed by atoms with Gasteiger partial charge >= 0.3 is 5.97 Å². The Labute approximate surface area is 92.1 Å². The largest absolute Gasteiger partial charge is 0.477 e. The van der Waals surface area contributed by atoms with Gasteiger partial charge in [0.05, 0.1) is 0 Å². The molecule has 5 nitrogen and oxygen atoms in total. The Bertz CT molecular complexity index is 393. The Morgan fingerprint density at radius 2 is 2.13 bits per heavy atom. The molecule has 0 amide bonds. The number of carboxylic acid groups (broad SMARTS) is 1. The van der Waals surface area contributed by atoms with Crippen LogP contribution in [0.1, 0.15) is 30.2 Å². The van der Waals surface area contributed by atoms with E-state index in [2.05, 4.69) is 9.97 Å². The highest BCUT2D eigenvalue weighted by molar-refractivity contribution is 6.29. The van der Waals surface area contributed by atoms with Gasteiger partial charge in [0, 0.05) is 13.2 Å². The maximum atomic E-state index is 10.7. The first-order valence-electron chi connectivity index (χ1n) is 4.20. The van der Waals surface area contributed by atoms with Gasteiger partial charge in [-0.15, -0.1) is 0 Å². The molecule has 0 aliphatic carbocycles. The number of aromatic nitrogens is 2. The second-order valence-corrected chi connectivity index (χ2v) is 3.81. The fourth-order valence-corrected chi connectivity index (χ4v) is 1.07. The fourth-order valence-electron chi connectivity index (χ4n) is 0.888. The zero-order chi connectivity index (χ0) is 11.6. The van der Waals surface area contributed by atoms with Gasteiger partial charge in [-0.1, -0.05) is 11.6 Å². The zero-order valence-corrected chi connectivity index (χ0v) is 9.37. The highest BCUT2D eigenvalue weighted by Gasteiger charge is 2.25. The van der Waals surface area contributed by atoms with Crippen LogP contribution in [-0.2, 0) is 10.3 Å². The van der Waals surface area contributed by atoms with Crippen molar-refractivity contribution < 1.29 is 14.6 Å². The van der Waals surface area contributed by atoms with E-state index in [1.54, 1.807) is 13.8 Å². The summed E-state index contributed by atoms with van der Waals surface area (Å²) in [5, 5.41) is 8.87. The summed E-state index contributed by atoms with van der Waals surface area (Å²) in [7, 11) is 1.49. The predicted molar refractivity (Wildman–Crippen MR) is 54.0 cm³/mol. The van der Waals surface area contributed by atoms with Gasteiger partial charge in [-0.25, -0.2) is 14.8 Å². The first kappa shape index (κ1) is 11.9. The van der Waals surface area contributed by atoms with Crippen LogP contribution in [0.25, 0.3) is 0 Å². The van der Waals surface area contributed by atoms with Crippen LogP contribution in [0.5, 0.6) is 0 Å². The van der Waals surface area contributed by atoms with Crippen LogP contribution in [0.15, 0.2) is 6.07 Å². The standard InChI is InChI=1S/C9H11ClN2O3/c1-9(2,15-3)8-11-5(7(13)14)4-6(10)12-8/h4H,1-3H3,(H,13,14). The van der Waals surface area contributed by atoms with Crippen molar-refractivity contribution in [1.29, 1.82) is 0 Å². The molecule has 0 saturated heterocycles. The Morgan fingerprint density at radius 3 is 2.60 bits per heavy atom. The molecule has 0 fully saturated rings. The van der Waals surface area contributed by atoms with Gasteiger partial charge in [-0.2, -0.15) is 0 Å². The van der Waals surface area contributed by atoms with E-state index < -0.39 is 11.6 Å². The van der Waals surface area contributed by atoms with Crippen molar-refractivity contribution in [2.45, 2.75) is 19.4 Å². The van der Waals surface area contributed by atoms with Gasteiger partial charge in [0.15, 0.2) is 11.5 Å². The molecule has 1 N–H and O–H groups in total. The van der Waals surface area contributed by atoms with E-state index in [1.165, 1.54) is 13.2 Å². The molecule has 0 aliphatic rings. The summed E-state index contributed by atoms with van der Waals surface area (Å²) in [5.41, 5.74) is -0.912. The molecule has 6 heteroatoms. The van der Waals surface area contributed by atoms with Gasteiger partial charge in [0.2, 0.25) is 0 Å². The molecule has 0 spiro atoms. The number of methoxy groups -OCH3 is 1. The van der Waals surface area contributed by atoms with Crippen molar-refractivity contribution in [3.8, 4) is 0 Å². The van der Waals surface area contributed by atoms with E-state index in [1.807, 2.05) is 0 Å². The zero-order valence-electron chi connectivity index (χ0n) is 8.61. The summed E-state index contributed by atoms with van der Waals surface area (Å²) in [5.74, 6) is -0.901. The third-order valence-electron chi connectivity index (χ3n) is 1.96. The van der Waals surface area contributed by atoms with E-state index in [0.717, 1.165) is 0 Å². The normalized spacial score (nSPS) is 11.5. The van der Waals surface area contributed by atoms with E-state index in [0.29, 0.717) is 0 Å². The minimum atomic E-state index is -1.15. The number of carbonyl (C=O) groups is 1. The topological polar surface area (TPSA) is 72.3 Å². The van der Waals surface area contributed by atoms with Crippen molar-refractivity contribution in [2.75, 3.05) is 7.11 Å². The molecule has 0 radical (unpaired) electrons. The lowest BCUT2D eigenvalue weighted by atomic mass is 10.1. The van der Waals surface area contributed by atoms with Crippen molar-refractivity contribution >= 4 is 17.6 Å². The number of halogens is 1. The Hall–Kier alpha value is -1.20. The molecule has 0 aromatic carbocycles. The average Bonchev–Trinajstić information content (AvgIpc) is 2.16. The summed E-state index contributed by atoms with van der Waals surface area (Å²) in [4.78, 5) is 18.5. The summed E-state index contributed by atoms with van der Waals surface area (Å²) in [6, 6.07) is 1.19. The number of aromatic carboxylic acids is 1. The lowest BCUT2D eigenvalue weighted by Gasteiger charge is -2.21. The molecule has 82 valence electrons. The summed E-state index contributed by atoms with van der Waals surface area (Å²) in [6.07, 6.45) is 0. The van der Waals surface area contributed by atoms with E-state index in [-0.39, 0.29) is 16.7 Å². The van der Waals surface area contributed by atoms with E-state index in [9.17, 15) is 4.79 Å². The molecule has 0 saturated carbocycles. The second kappa shape index (κ2) is 4.12. The molecular weight excluding hydrogens is 220 g/mol. The highest BCUT2D eigenvalue weighted by atomic mass is 35.5. The number of nitrogens with zero attached hydrogens (tertiary/aromatic N) is 2. The lowest BCUT2D eigenvalue weighted by Crippen LogP contribution is -2.24. The molecule has 1 rings (SSSR count). The Kier molecular flexibility index (Phi) is 3.26. The fraction of sp³-hybridized carbons (Fsp3) is 0.444. The van der Waals surface area contributed by atoms with E-state index >= 15 is 0 Å². The van der Waals surface area contributed by atoms with Crippen LogP contribution >= 0.6 is 11.6 Å². The summed E-state index contributed by atoms with van der Waals surface area (Å²) < 4.78 is 5.14. The predicted octanol–water partition coefficient (Wildman–Crippen LogP) is 1.71. The minimum Gasteiger partial charge on any atom is -0.477 e. The first-order chi connectivity index (χ1) is 6.86. The van der Waals surface area contributed by atoms with Crippen LogP contribution < -0.4 is 0 Å². The van der Waals surface area contributed by atoms with Gasteiger partial charge in [0.1, 0.15) is 10.8 Å². The SMILES string of the molecule is COC(C)(C)c1nc(Cl)cc(C(=O)O)n1. The second-order valence-electron chi connectivity index (χ2n) is 3.42. The summed E-state index contributed by atoms with van der Waals surface area (Å²) in [6.45, 7) is 3.45. The van der Waals surface area contributed by atoms with Crippen molar-refractivity contribution in [2.24, 2.45) is 0 Å². The smallest absolute Gasteiger partial charge is 0.354 e. The summed E-state index contributed by atoms with van der Waals surface area (Å²) >= 11 is 5.69. The quantitative estimate of drug-likeness (QED) is 0.801. The maximum absolute atomic E-state index is 10.7. The molecule has 0 unspecified atom stereocenters. The monoisotopic (exact) mass is 230 g/mol. The average molecular weight is 231 g/mol. The third-order valence-corrected chi connectivity index (χ3v) is 2.16. The third kappa shape index (κ3) is 2.64. The highest BCUT2D eigenvalue weighted by Crippen LogP contribution is 2.21. The van der Waals surface area contributed by atoms with Gasteiger partial charge < -0.3 is 9.84 Å². The van der Waals surface area contributed by atoms with Crippen molar-refractivity contribution in [1.82, 2.24) is 9.97 Å². The number of hydrogen-bond donors (Lipinski definition) is 1.